The minimum atomic E-state index is -4.66. The van der Waals surface area contributed by atoms with Crippen molar-refractivity contribution in [3.63, 3.8) is 0 Å². The maximum absolute atomic E-state index is 12.6. The van der Waals surface area contributed by atoms with Gasteiger partial charge in [-0.25, -0.2) is 0 Å². The summed E-state index contributed by atoms with van der Waals surface area (Å²) in [6, 6.07) is 2.23. The van der Waals surface area contributed by atoms with E-state index in [4.69, 9.17) is 0 Å². The van der Waals surface area contributed by atoms with Gasteiger partial charge in [0.15, 0.2) is 0 Å². The van der Waals surface area contributed by atoms with Crippen LogP contribution in [0, 0.1) is 10.1 Å². The first-order chi connectivity index (χ1) is 11.2. The van der Waals surface area contributed by atoms with Crippen LogP contribution in [-0.2, 0) is 11.0 Å². The van der Waals surface area contributed by atoms with Crippen molar-refractivity contribution >= 4 is 17.3 Å². The lowest BCUT2D eigenvalue weighted by Crippen LogP contribution is -2.33. The van der Waals surface area contributed by atoms with Gasteiger partial charge in [-0.1, -0.05) is 0 Å². The number of nitrogens with zero attached hydrogens (tertiary/aromatic N) is 2. The molecule has 0 saturated heterocycles. The number of halogens is 3. The number of carbonyl (C=O) groups excluding carboxylic acids is 1. The van der Waals surface area contributed by atoms with E-state index in [2.05, 4.69) is 10.6 Å². The van der Waals surface area contributed by atoms with Gasteiger partial charge in [-0.2, -0.15) is 13.2 Å². The molecule has 1 aromatic rings. The van der Waals surface area contributed by atoms with Crippen LogP contribution < -0.4 is 10.6 Å². The van der Waals surface area contributed by atoms with E-state index in [-0.39, 0.29) is 24.6 Å². The van der Waals surface area contributed by atoms with Gasteiger partial charge in [-0.3, -0.25) is 14.9 Å². The first kappa shape index (κ1) is 19.7. The third kappa shape index (κ3) is 5.69. The predicted molar refractivity (Wildman–Crippen MR) is 82.8 cm³/mol. The first-order valence-electron chi connectivity index (χ1n) is 7.15. The molecule has 0 aliphatic rings. The van der Waals surface area contributed by atoms with E-state index in [1.807, 2.05) is 0 Å². The second-order valence-corrected chi connectivity index (χ2v) is 5.08. The highest BCUT2D eigenvalue weighted by molar-refractivity contribution is 5.76. The van der Waals surface area contributed by atoms with E-state index < -0.39 is 22.4 Å². The van der Waals surface area contributed by atoms with Crippen LogP contribution in [0.1, 0.15) is 12.0 Å². The fraction of sp³-hybridized carbons (Fsp3) is 0.500. The lowest BCUT2D eigenvalue weighted by molar-refractivity contribution is -0.384. The largest absolute Gasteiger partial charge is 0.416 e. The Kier molecular flexibility index (Phi) is 6.96. The Bertz CT molecular complexity index is 593. The monoisotopic (exact) mass is 348 g/mol. The number of carbonyl (C=O) groups is 1. The Morgan fingerprint density at radius 1 is 1.33 bits per heavy atom. The summed E-state index contributed by atoms with van der Waals surface area (Å²) in [6.07, 6.45) is -4.59. The molecule has 1 rings (SSSR count). The van der Waals surface area contributed by atoms with Crippen LogP contribution in [0.2, 0.25) is 0 Å². The number of amides is 1. The van der Waals surface area contributed by atoms with Crippen molar-refractivity contribution in [1.29, 1.82) is 0 Å². The molecule has 10 heteroatoms. The van der Waals surface area contributed by atoms with Crippen LogP contribution in [0.15, 0.2) is 18.2 Å². The number of hydrogen-bond acceptors (Lipinski definition) is 5. The molecular weight excluding hydrogens is 329 g/mol. The van der Waals surface area contributed by atoms with E-state index >= 15 is 0 Å². The summed E-state index contributed by atoms with van der Waals surface area (Å²) in [5, 5.41) is 16.5. The zero-order chi connectivity index (χ0) is 18.3. The van der Waals surface area contributed by atoms with Crippen molar-refractivity contribution in [2.24, 2.45) is 0 Å². The van der Waals surface area contributed by atoms with Crippen LogP contribution >= 0.6 is 0 Å². The number of nitro benzene ring substituents is 1. The second kappa shape index (κ2) is 8.48. The third-order valence-corrected chi connectivity index (χ3v) is 3.30. The zero-order valence-corrected chi connectivity index (χ0v) is 13.3. The Labute approximate surface area is 137 Å². The fourth-order valence-corrected chi connectivity index (χ4v) is 1.91. The molecule has 134 valence electrons. The number of nitro groups is 1. The lowest BCUT2D eigenvalue weighted by atomic mass is 10.1. The number of likely N-dealkylation sites (N-methyl/N-ethyl adjacent to an activating group) is 2. The topological polar surface area (TPSA) is 87.5 Å². The zero-order valence-electron chi connectivity index (χ0n) is 13.3. The predicted octanol–water partition coefficient (Wildman–Crippen LogP) is 2.09. The highest BCUT2D eigenvalue weighted by Gasteiger charge is 2.33. The van der Waals surface area contributed by atoms with Gasteiger partial charge in [-0.05, 0) is 19.2 Å². The summed E-state index contributed by atoms with van der Waals surface area (Å²) >= 11 is 0. The van der Waals surface area contributed by atoms with Crippen LogP contribution in [0.25, 0.3) is 0 Å². The standard InChI is InChI=1S/C14H19F3N4O3/c1-18-7-8-20(2)13(22)5-6-19-11-4-3-10(14(15,16)17)9-12(11)21(23)24/h3-4,9,18-19H,5-8H2,1-2H3. The molecule has 0 radical (unpaired) electrons. The van der Waals surface area contributed by atoms with Crippen LogP contribution in [0.4, 0.5) is 24.5 Å². The molecule has 0 heterocycles. The average Bonchev–Trinajstić information content (AvgIpc) is 2.51. The van der Waals surface area contributed by atoms with Crippen molar-refractivity contribution in [2.45, 2.75) is 12.6 Å². The number of benzene rings is 1. The number of hydrogen-bond donors (Lipinski definition) is 2. The van der Waals surface area contributed by atoms with Crippen LogP contribution in [0.3, 0.4) is 0 Å². The maximum atomic E-state index is 12.6. The lowest BCUT2D eigenvalue weighted by Gasteiger charge is -2.17. The molecule has 2 N–H and O–H groups in total. The molecule has 0 spiro atoms. The normalized spacial score (nSPS) is 11.2. The number of alkyl halides is 3. The van der Waals surface area contributed by atoms with Gasteiger partial charge in [-0.15, -0.1) is 0 Å². The van der Waals surface area contributed by atoms with Crippen molar-refractivity contribution in [3.8, 4) is 0 Å². The van der Waals surface area contributed by atoms with Gasteiger partial charge in [0.2, 0.25) is 5.91 Å². The van der Waals surface area contributed by atoms with Crippen molar-refractivity contribution in [2.75, 3.05) is 39.0 Å². The molecule has 0 aliphatic heterocycles. The maximum Gasteiger partial charge on any atom is 0.416 e. The number of nitrogens with one attached hydrogen (secondary N) is 2. The molecule has 0 aromatic heterocycles. The van der Waals surface area contributed by atoms with Gasteiger partial charge in [0.25, 0.3) is 5.69 Å². The highest BCUT2D eigenvalue weighted by Crippen LogP contribution is 2.34. The molecule has 0 bridgehead atoms. The Hall–Kier alpha value is -2.36. The summed E-state index contributed by atoms with van der Waals surface area (Å²) in [7, 11) is 3.38. The van der Waals surface area contributed by atoms with Crippen LogP contribution in [0.5, 0.6) is 0 Å². The fourth-order valence-electron chi connectivity index (χ4n) is 1.91. The first-order valence-corrected chi connectivity index (χ1v) is 7.15. The minimum absolute atomic E-state index is 0.0568. The number of rotatable bonds is 8. The van der Waals surface area contributed by atoms with E-state index in [1.54, 1.807) is 14.1 Å². The highest BCUT2D eigenvalue weighted by atomic mass is 19.4. The third-order valence-electron chi connectivity index (χ3n) is 3.30. The molecule has 0 unspecified atom stereocenters. The van der Waals surface area contributed by atoms with E-state index in [0.717, 1.165) is 12.1 Å². The molecular formula is C14H19F3N4O3. The molecule has 24 heavy (non-hydrogen) atoms. The quantitative estimate of drug-likeness (QED) is 0.555. The minimum Gasteiger partial charge on any atom is -0.379 e. The smallest absolute Gasteiger partial charge is 0.379 e. The van der Waals surface area contributed by atoms with Crippen molar-refractivity contribution in [3.05, 3.63) is 33.9 Å². The second-order valence-electron chi connectivity index (χ2n) is 5.08. The summed E-state index contributed by atoms with van der Waals surface area (Å²) < 4.78 is 37.8. The summed E-state index contributed by atoms with van der Waals surface area (Å²) in [6.45, 7) is 1.21. The summed E-state index contributed by atoms with van der Waals surface area (Å²) in [5.74, 6) is -0.174. The Morgan fingerprint density at radius 3 is 2.54 bits per heavy atom. The molecule has 0 atom stereocenters. The van der Waals surface area contributed by atoms with Crippen LogP contribution in [-0.4, -0.2) is 49.5 Å². The van der Waals surface area contributed by atoms with Crippen molar-refractivity contribution in [1.82, 2.24) is 10.2 Å². The van der Waals surface area contributed by atoms with Crippen molar-refractivity contribution < 1.29 is 22.9 Å². The van der Waals surface area contributed by atoms with Gasteiger partial charge in [0.05, 0.1) is 10.5 Å². The molecule has 0 fully saturated rings. The van der Waals surface area contributed by atoms with E-state index in [0.29, 0.717) is 19.2 Å². The summed E-state index contributed by atoms with van der Waals surface area (Å²) in [5.41, 5.74) is -1.83. The van der Waals surface area contributed by atoms with Gasteiger partial charge in [0.1, 0.15) is 5.69 Å². The average molecular weight is 348 g/mol. The SMILES string of the molecule is CNCCN(C)C(=O)CCNc1ccc(C(F)(F)F)cc1[N+](=O)[O-]. The molecule has 7 nitrogen and oxygen atoms in total. The van der Waals surface area contributed by atoms with E-state index in [9.17, 15) is 28.1 Å². The molecule has 1 aromatic carbocycles. The number of anilines is 1. The van der Waals surface area contributed by atoms with Gasteiger partial charge >= 0.3 is 6.18 Å². The molecule has 0 saturated carbocycles. The Morgan fingerprint density at radius 2 is 2.00 bits per heavy atom. The summed E-state index contributed by atoms with van der Waals surface area (Å²) in [4.78, 5) is 23.4. The van der Waals surface area contributed by atoms with Gasteiger partial charge < -0.3 is 15.5 Å². The molecule has 1 amide bonds. The van der Waals surface area contributed by atoms with E-state index in [1.165, 1.54) is 4.90 Å². The Balaban J connectivity index is 2.71. The molecule has 0 aliphatic carbocycles. The van der Waals surface area contributed by atoms with Gasteiger partial charge in [0, 0.05) is 39.2 Å².